The maximum Gasteiger partial charge on any atom is 0.237 e. The van der Waals surface area contributed by atoms with Crippen molar-refractivity contribution >= 4 is 5.78 Å². The van der Waals surface area contributed by atoms with Crippen molar-refractivity contribution in [2.24, 2.45) is 0 Å². The minimum Gasteiger partial charge on any atom is -0.494 e. The van der Waals surface area contributed by atoms with E-state index < -0.39 is 0 Å². The zero-order valence-corrected chi connectivity index (χ0v) is 11.2. The Balaban J connectivity index is 2.27. The summed E-state index contributed by atoms with van der Waals surface area (Å²) in [5.74, 6) is 1.18. The van der Waals surface area contributed by atoms with E-state index in [4.69, 9.17) is 9.26 Å². The Hall–Kier alpha value is -2.17. The van der Waals surface area contributed by atoms with E-state index in [0.29, 0.717) is 18.3 Å². The van der Waals surface area contributed by atoms with E-state index in [1.165, 1.54) is 6.92 Å². The quantitative estimate of drug-likeness (QED) is 0.827. The lowest BCUT2D eigenvalue weighted by Crippen LogP contribution is -2.04. The molecule has 1 atom stereocenters. The van der Waals surface area contributed by atoms with Crippen LogP contribution in [0.1, 0.15) is 32.6 Å². The van der Waals surface area contributed by atoms with Gasteiger partial charge in [0, 0.05) is 5.56 Å². The van der Waals surface area contributed by atoms with Gasteiger partial charge in [-0.05, 0) is 32.9 Å². The van der Waals surface area contributed by atoms with Gasteiger partial charge < -0.3 is 9.26 Å². The Morgan fingerprint density at radius 2 is 2.26 bits per heavy atom. The summed E-state index contributed by atoms with van der Waals surface area (Å²) >= 11 is 0. The molecule has 0 aliphatic heterocycles. The largest absolute Gasteiger partial charge is 0.494 e. The van der Waals surface area contributed by atoms with E-state index in [-0.39, 0.29) is 11.7 Å². The van der Waals surface area contributed by atoms with Crippen LogP contribution in [0, 0.1) is 0 Å². The summed E-state index contributed by atoms with van der Waals surface area (Å²) in [6, 6.07) is 7.45. The van der Waals surface area contributed by atoms with Crippen LogP contribution >= 0.6 is 0 Å². The smallest absolute Gasteiger partial charge is 0.237 e. The molecule has 0 bridgehead atoms. The summed E-state index contributed by atoms with van der Waals surface area (Å²) in [4.78, 5) is 15.5. The second-order valence-electron chi connectivity index (χ2n) is 4.25. The molecule has 1 aromatic carbocycles. The van der Waals surface area contributed by atoms with Crippen LogP contribution in [0.15, 0.2) is 28.8 Å². The molecular weight excluding hydrogens is 244 g/mol. The zero-order chi connectivity index (χ0) is 13.8. The fourth-order valence-electron chi connectivity index (χ4n) is 1.59. The van der Waals surface area contributed by atoms with Crippen LogP contribution in [0.2, 0.25) is 0 Å². The van der Waals surface area contributed by atoms with Crippen LogP contribution in [0.25, 0.3) is 11.4 Å². The zero-order valence-electron chi connectivity index (χ0n) is 11.2. The third kappa shape index (κ3) is 2.99. The van der Waals surface area contributed by atoms with Gasteiger partial charge in [-0.25, -0.2) is 0 Å². The standard InChI is InChI=1S/C14H16N2O3/c1-4-18-12-7-5-6-11(8-12)13-15-14(19-16-13)9(2)10(3)17/h5-9H,4H2,1-3H3. The first-order chi connectivity index (χ1) is 9.11. The molecule has 2 aromatic rings. The van der Waals surface area contributed by atoms with Crippen molar-refractivity contribution in [3.05, 3.63) is 30.2 Å². The van der Waals surface area contributed by atoms with Crippen molar-refractivity contribution in [2.45, 2.75) is 26.7 Å². The van der Waals surface area contributed by atoms with Gasteiger partial charge in [0.15, 0.2) is 0 Å². The topological polar surface area (TPSA) is 65.2 Å². The Morgan fingerprint density at radius 3 is 2.95 bits per heavy atom. The molecule has 1 aromatic heterocycles. The lowest BCUT2D eigenvalue weighted by molar-refractivity contribution is -0.118. The highest BCUT2D eigenvalue weighted by molar-refractivity contribution is 5.81. The average molecular weight is 260 g/mol. The molecule has 5 nitrogen and oxygen atoms in total. The van der Waals surface area contributed by atoms with E-state index in [1.54, 1.807) is 6.92 Å². The Kier molecular flexibility index (Phi) is 3.94. The normalized spacial score (nSPS) is 12.2. The fraction of sp³-hybridized carbons (Fsp3) is 0.357. The van der Waals surface area contributed by atoms with Crippen molar-refractivity contribution < 1.29 is 14.1 Å². The first-order valence-corrected chi connectivity index (χ1v) is 6.19. The second kappa shape index (κ2) is 5.65. The predicted molar refractivity (Wildman–Crippen MR) is 70.0 cm³/mol. The molecule has 0 amide bonds. The molecule has 2 rings (SSSR count). The predicted octanol–water partition coefficient (Wildman–Crippen LogP) is 2.83. The molecule has 0 aliphatic carbocycles. The molecule has 0 saturated heterocycles. The van der Waals surface area contributed by atoms with Gasteiger partial charge in [-0.3, -0.25) is 4.79 Å². The van der Waals surface area contributed by atoms with Crippen molar-refractivity contribution in [1.29, 1.82) is 0 Å². The van der Waals surface area contributed by atoms with Gasteiger partial charge in [0.25, 0.3) is 0 Å². The van der Waals surface area contributed by atoms with Gasteiger partial charge in [-0.2, -0.15) is 4.98 Å². The van der Waals surface area contributed by atoms with Crippen molar-refractivity contribution in [1.82, 2.24) is 10.1 Å². The lowest BCUT2D eigenvalue weighted by Gasteiger charge is -2.03. The number of ketones is 1. The van der Waals surface area contributed by atoms with Crippen molar-refractivity contribution in [3.8, 4) is 17.1 Å². The molecule has 0 radical (unpaired) electrons. The summed E-state index contributed by atoms with van der Waals surface area (Å²) in [7, 11) is 0. The van der Waals surface area contributed by atoms with E-state index in [2.05, 4.69) is 10.1 Å². The van der Waals surface area contributed by atoms with Crippen LogP contribution in [0.4, 0.5) is 0 Å². The number of hydrogen-bond donors (Lipinski definition) is 0. The molecule has 1 unspecified atom stereocenters. The molecule has 1 heterocycles. The minimum absolute atomic E-state index is 0.00160. The van der Waals surface area contributed by atoms with Gasteiger partial charge in [0.2, 0.25) is 11.7 Å². The fourth-order valence-corrected chi connectivity index (χ4v) is 1.59. The number of rotatable bonds is 5. The van der Waals surface area contributed by atoms with E-state index in [0.717, 1.165) is 11.3 Å². The highest BCUT2D eigenvalue weighted by Crippen LogP contribution is 2.23. The van der Waals surface area contributed by atoms with Crippen molar-refractivity contribution in [3.63, 3.8) is 0 Å². The van der Waals surface area contributed by atoms with Crippen LogP contribution in [-0.4, -0.2) is 22.5 Å². The summed E-state index contributed by atoms with van der Waals surface area (Å²) in [5.41, 5.74) is 0.803. The Labute approximate surface area is 111 Å². The maximum atomic E-state index is 11.3. The number of Topliss-reactive ketones (excluding diaryl/α,β-unsaturated/α-hetero) is 1. The maximum absolute atomic E-state index is 11.3. The van der Waals surface area contributed by atoms with Gasteiger partial charge in [0.1, 0.15) is 11.5 Å². The molecule has 0 spiro atoms. The third-order valence-electron chi connectivity index (χ3n) is 2.83. The monoisotopic (exact) mass is 260 g/mol. The summed E-state index contributed by atoms with van der Waals surface area (Å²) in [5, 5.41) is 3.90. The summed E-state index contributed by atoms with van der Waals surface area (Å²) < 4.78 is 10.5. The van der Waals surface area contributed by atoms with E-state index in [1.807, 2.05) is 31.2 Å². The number of hydrogen-bond acceptors (Lipinski definition) is 5. The van der Waals surface area contributed by atoms with Crippen LogP contribution in [0.3, 0.4) is 0 Å². The van der Waals surface area contributed by atoms with Gasteiger partial charge in [-0.1, -0.05) is 17.3 Å². The Bertz CT molecular complexity index is 578. The number of benzene rings is 1. The first-order valence-electron chi connectivity index (χ1n) is 6.19. The van der Waals surface area contributed by atoms with Gasteiger partial charge in [-0.15, -0.1) is 0 Å². The number of ether oxygens (including phenoxy) is 1. The molecule has 0 aliphatic rings. The molecule has 0 N–H and O–H groups in total. The summed E-state index contributed by atoms with van der Waals surface area (Å²) in [6.45, 7) is 5.77. The summed E-state index contributed by atoms with van der Waals surface area (Å²) in [6.07, 6.45) is 0. The number of nitrogens with zero attached hydrogens (tertiary/aromatic N) is 2. The van der Waals surface area contributed by atoms with E-state index >= 15 is 0 Å². The number of carbonyl (C=O) groups excluding carboxylic acids is 1. The van der Waals surface area contributed by atoms with Crippen LogP contribution in [-0.2, 0) is 4.79 Å². The lowest BCUT2D eigenvalue weighted by atomic mass is 10.1. The average Bonchev–Trinajstić information content (AvgIpc) is 2.88. The molecular formula is C14H16N2O3. The third-order valence-corrected chi connectivity index (χ3v) is 2.83. The number of aromatic nitrogens is 2. The minimum atomic E-state index is -0.378. The highest BCUT2D eigenvalue weighted by Gasteiger charge is 2.19. The molecule has 0 fully saturated rings. The molecule has 5 heteroatoms. The molecule has 19 heavy (non-hydrogen) atoms. The molecule has 0 saturated carbocycles. The van der Waals surface area contributed by atoms with Crippen LogP contribution in [0.5, 0.6) is 5.75 Å². The first kappa shape index (κ1) is 13.3. The van der Waals surface area contributed by atoms with E-state index in [9.17, 15) is 4.79 Å². The van der Waals surface area contributed by atoms with Crippen LogP contribution < -0.4 is 4.74 Å². The van der Waals surface area contributed by atoms with Crippen molar-refractivity contribution in [2.75, 3.05) is 6.61 Å². The highest BCUT2D eigenvalue weighted by atomic mass is 16.5. The van der Waals surface area contributed by atoms with Gasteiger partial charge >= 0.3 is 0 Å². The SMILES string of the molecule is CCOc1cccc(-c2noc(C(C)C(C)=O)n2)c1. The molecule has 100 valence electrons. The Morgan fingerprint density at radius 1 is 1.47 bits per heavy atom. The number of carbonyl (C=O) groups is 1. The van der Waals surface area contributed by atoms with Gasteiger partial charge in [0.05, 0.1) is 12.5 Å². The second-order valence-corrected chi connectivity index (χ2v) is 4.25.